The van der Waals surface area contributed by atoms with E-state index in [-0.39, 0.29) is 36.6 Å². The van der Waals surface area contributed by atoms with Gasteiger partial charge in [-0.1, -0.05) is 51.8 Å². The van der Waals surface area contributed by atoms with E-state index >= 15 is 0 Å². The molecule has 7 atom stereocenters. The van der Waals surface area contributed by atoms with E-state index in [9.17, 15) is 32.4 Å². The SMILES string of the molecule is C=CC1CCC1(NC(=O)C1CCCN1C(=O)C(NC(=O)OC1CC1CCCCCc1c(OCC2CN(C)CCN2C)c2ccccc2[nH]c1=O)C(C)(C)C)C(=O)NS(=O)(=O)C1(C)CC1. The summed E-state index contributed by atoms with van der Waals surface area (Å²) < 4.78 is 39.5. The van der Waals surface area contributed by atoms with Gasteiger partial charge in [0.1, 0.15) is 36.1 Å². The van der Waals surface area contributed by atoms with E-state index in [0.717, 1.165) is 62.6 Å². The molecule has 2 saturated heterocycles. The topological polar surface area (TPSA) is 200 Å². The predicted octanol–water partition coefficient (Wildman–Crippen LogP) is 4.23. The lowest BCUT2D eigenvalue weighted by molar-refractivity contribution is -0.145. The lowest BCUT2D eigenvalue weighted by atomic mass is 9.66. The Morgan fingerprint density at radius 3 is 2.47 bits per heavy atom. The highest BCUT2D eigenvalue weighted by Gasteiger charge is 2.58. The van der Waals surface area contributed by atoms with E-state index in [1.807, 2.05) is 45.0 Å². The molecule has 352 valence electrons. The van der Waals surface area contributed by atoms with Crippen molar-refractivity contribution in [3.05, 3.63) is 52.8 Å². The van der Waals surface area contributed by atoms with Crippen molar-refractivity contribution in [2.75, 3.05) is 46.9 Å². The number of fused-ring (bicyclic) bond motifs is 1. The van der Waals surface area contributed by atoms with Gasteiger partial charge in [-0.2, -0.15) is 0 Å². The number of hydrogen-bond donors (Lipinski definition) is 4. The van der Waals surface area contributed by atoms with Gasteiger partial charge in [-0.05, 0) is 109 Å². The van der Waals surface area contributed by atoms with E-state index in [1.54, 1.807) is 13.0 Å². The quantitative estimate of drug-likeness (QED) is 0.123. The number of unbranched alkanes of at least 4 members (excludes halogenated alkanes) is 2. The second kappa shape index (κ2) is 18.8. The highest BCUT2D eigenvalue weighted by Crippen LogP contribution is 2.45. The number of H-pyrrole nitrogens is 1. The Labute approximate surface area is 377 Å². The number of sulfonamides is 1. The van der Waals surface area contributed by atoms with Crippen LogP contribution in [0.1, 0.15) is 104 Å². The van der Waals surface area contributed by atoms with E-state index in [4.69, 9.17) is 9.47 Å². The molecule has 3 aliphatic carbocycles. The third-order valence-electron chi connectivity index (χ3n) is 14.5. The molecule has 4 amide bonds. The Kier molecular flexibility index (Phi) is 13.9. The van der Waals surface area contributed by atoms with Crippen LogP contribution in [0.4, 0.5) is 4.79 Å². The number of likely N-dealkylation sites (N-methyl/N-ethyl adjacent to an activating group) is 2. The van der Waals surface area contributed by atoms with E-state index < -0.39 is 67.5 Å². The fraction of sp³-hybridized carbons (Fsp3) is 0.681. The van der Waals surface area contributed by atoms with Crippen LogP contribution in [-0.2, 0) is 35.6 Å². The molecule has 0 spiro atoms. The maximum absolute atomic E-state index is 14.2. The number of rotatable bonds is 18. The fourth-order valence-corrected chi connectivity index (χ4v) is 10.9. The first-order valence-electron chi connectivity index (χ1n) is 23.2. The number of nitrogens with one attached hydrogen (secondary N) is 4. The lowest BCUT2D eigenvalue weighted by Gasteiger charge is -2.47. The molecule has 4 N–H and O–H groups in total. The number of nitrogens with zero attached hydrogens (tertiary/aromatic N) is 3. The number of hydrogen-bond acceptors (Lipinski definition) is 11. The van der Waals surface area contributed by atoms with E-state index in [0.29, 0.717) is 56.4 Å². The number of benzene rings is 1. The maximum Gasteiger partial charge on any atom is 0.408 e. The number of amides is 4. The summed E-state index contributed by atoms with van der Waals surface area (Å²) in [6, 6.07) is 6.06. The van der Waals surface area contributed by atoms with Gasteiger partial charge in [0, 0.05) is 37.5 Å². The van der Waals surface area contributed by atoms with Crippen LogP contribution in [0.15, 0.2) is 41.7 Å². The van der Waals surface area contributed by atoms with Crippen molar-refractivity contribution in [2.45, 2.75) is 139 Å². The van der Waals surface area contributed by atoms with Gasteiger partial charge < -0.3 is 34.9 Å². The van der Waals surface area contributed by atoms with Crippen molar-refractivity contribution in [3.63, 3.8) is 0 Å². The molecular formula is C47H69N7O9S. The van der Waals surface area contributed by atoms with Gasteiger partial charge >= 0.3 is 6.09 Å². The summed E-state index contributed by atoms with van der Waals surface area (Å²) in [6.45, 7) is 14.6. The molecule has 3 saturated carbocycles. The lowest BCUT2D eigenvalue weighted by Crippen LogP contribution is -2.70. The average Bonchev–Trinajstić information content (AvgIpc) is 4.11. The molecule has 2 aromatic rings. The Bertz CT molecular complexity index is 2270. The zero-order valence-corrected chi connectivity index (χ0v) is 39.3. The number of aromatic amines is 1. The highest BCUT2D eigenvalue weighted by atomic mass is 32.2. The van der Waals surface area contributed by atoms with Gasteiger partial charge in [0.05, 0.1) is 21.9 Å². The third-order valence-corrected chi connectivity index (χ3v) is 16.7. The minimum absolute atomic E-state index is 0.124. The Morgan fingerprint density at radius 2 is 1.78 bits per heavy atom. The van der Waals surface area contributed by atoms with Crippen LogP contribution in [-0.4, -0.2) is 133 Å². The number of alkyl carbamates (subject to hydrolysis) is 1. The molecular weight excluding hydrogens is 839 g/mol. The molecule has 5 aliphatic rings. The number of piperazine rings is 1. The summed E-state index contributed by atoms with van der Waals surface area (Å²) in [5.74, 6) is -1.39. The van der Waals surface area contributed by atoms with Gasteiger partial charge in [-0.25, -0.2) is 13.2 Å². The van der Waals surface area contributed by atoms with Crippen molar-refractivity contribution in [2.24, 2.45) is 17.3 Å². The third kappa shape index (κ3) is 10.2. The molecule has 7 rings (SSSR count). The van der Waals surface area contributed by atoms with Crippen molar-refractivity contribution in [3.8, 4) is 5.75 Å². The van der Waals surface area contributed by atoms with Crippen LogP contribution in [0.2, 0.25) is 0 Å². The summed E-state index contributed by atoms with van der Waals surface area (Å²) in [6.07, 6.45) is 7.92. The first-order valence-corrected chi connectivity index (χ1v) is 24.7. The van der Waals surface area contributed by atoms with Crippen LogP contribution in [0.5, 0.6) is 5.75 Å². The summed E-state index contributed by atoms with van der Waals surface area (Å²) >= 11 is 0. The Balaban J connectivity index is 0.894. The van der Waals surface area contributed by atoms with Gasteiger partial charge in [-0.15, -0.1) is 6.58 Å². The minimum atomic E-state index is -3.95. The van der Waals surface area contributed by atoms with Crippen LogP contribution in [0.25, 0.3) is 10.9 Å². The minimum Gasteiger partial charge on any atom is -0.491 e. The molecule has 1 aromatic carbocycles. The summed E-state index contributed by atoms with van der Waals surface area (Å²) in [5.41, 5.74) is -0.937. The molecule has 7 unspecified atom stereocenters. The van der Waals surface area contributed by atoms with Gasteiger partial charge in [0.25, 0.3) is 11.5 Å². The Hall–Kier alpha value is -4.48. The smallest absolute Gasteiger partial charge is 0.408 e. The predicted molar refractivity (Wildman–Crippen MR) is 244 cm³/mol. The number of aromatic nitrogens is 1. The number of para-hydroxylation sites is 1. The second-order valence-electron chi connectivity index (χ2n) is 20.4. The highest BCUT2D eigenvalue weighted by molar-refractivity contribution is 7.91. The summed E-state index contributed by atoms with van der Waals surface area (Å²) in [5, 5.41) is 6.57. The van der Waals surface area contributed by atoms with E-state index in [2.05, 4.69) is 50.8 Å². The van der Waals surface area contributed by atoms with Gasteiger partial charge in [0.15, 0.2) is 0 Å². The standard InChI is InChI=1S/C47H69N7O9S/c1-8-31-20-21-47(31,43(58)51-64(60,61)46(5)22-23-46)50-41(56)36-19-14-24-54(36)42(57)39(45(2,3)4)49-44(59)63-37-27-30(37)15-10-9-11-17-34-38(33-16-12-13-18-35(33)48-40(34)55)62-29-32-28-52(6)25-26-53(32)7/h8,12-13,16,18,30-32,36-37,39H,1,9-11,14-15,17,19-29H2,2-7H3,(H,48,55)(H,49,59)(H,50,56)(H,51,58). The van der Waals surface area contributed by atoms with Crippen LogP contribution < -0.4 is 25.7 Å². The average molecular weight is 908 g/mol. The first-order chi connectivity index (χ1) is 30.3. The molecule has 2 aliphatic heterocycles. The summed E-state index contributed by atoms with van der Waals surface area (Å²) in [7, 11) is 0.278. The molecule has 5 fully saturated rings. The molecule has 1 aromatic heterocycles. The zero-order valence-electron chi connectivity index (χ0n) is 38.5. The molecule has 0 bridgehead atoms. The van der Waals surface area contributed by atoms with Crippen molar-refractivity contribution >= 4 is 44.7 Å². The number of likely N-dealkylation sites (tertiary alicyclic amines) is 1. The molecule has 3 heterocycles. The molecule has 16 nitrogen and oxygen atoms in total. The largest absolute Gasteiger partial charge is 0.491 e. The van der Waals surface area contributed by atoms with Crippen molar-refractivity contribution in [1.82, 2.24) is 35.0 Å². The second-order valence-corrected chi connectivity index (χ2v) is 22.6. The zero-order chi connectivity index (χ0) is 46.2. The number of carbonyl (C=O) groups excluding carboxylic acids is 4. The number of pyridine rings is 1. The fourth-order valence-electron chi connectivity index (χ4n) is 9.56. The molecule has 17 heteroatoms. The van der Waals surface area contributed by atoms with Gasteiger partial charge in [-0.3, -0.25) is 28.8 Å². The summed E-state index contributed by atoms with van der Waals surface area (Å²) in [4.78, 5) is 77.6. The molecule has 64 heavy (non-hydrogen) atoms. The molecule has 0 radical (unpaired) electrons. The van der Waals surface area contributed by atoms with Crippen LogP contribution in [0.3, 0.4) is 0 Å². The van der Waals surface area contributed by atoms with Gasteiger partial charge in [0.2, 0.25) is 21.8 Å². The monoisotopic (exact) mass is 907 g/mol. The Morgan fingerprint density at radius 1 is 1.03 bits per heavy atom. The van der Waals surface area contributed by atoms with Crippen LogP contribution >= 0.6 is 0 Å². The van der Waals surface area contributed by atoms with E-state index in [1.165, 1.54) is 4.90 Å². The number of carbonyl (C=O) groups is 4. The van der Waals surface area contributed by atoms with Crippen molar-refractivity contribution in [1.29, 1.82) is 0 Å². The number of ether oxygens (including phenoxy) is 2. The maximum atomic E-state index is 14.2. The van der Waals surface area contributed by atoms with Crippen molar-refractivity contribution < 1.29 is 37.1 Å². The first kappa shape index (κ1) is 47.5. The normalized spacial score (nSPS) is 27.2. The van der Waals surface area contributed by atoms with Crippen LogP contribution in [0, 0.1) is 17.3 Å².